The van der Waals surface area contributed by atoms with Crippen LogP contribution in [0, 0.1) is 5.92 Å². The molecule has 1 unspecified atom stereocenters. The number of carbonyl (C=O) groups excluding carboxylic acids is 2. The number of aromatic nitrogens is 3. The van der Waals surface area contributed by atoms with Crippen molar-refractivity contribution in [1.29, 1.82) is 0 Å². The van der Waals surface area contributed by atoms with Gasteiger partial charge in [-0.3, -0.25) is 14.6 Å². The minimum atomic E-state index is -0.267. The van der Waals surface area contributed by atoms with Crippen molar-refractivity contribution in [2.75, 3.05) is 33.4 Å². The SMILES string of the molecule is COCCN1CC(C(=O)N2CCc3nc(-c4cccnc4)[nH]c3C2)CC1=O. The Kier molecular flexibility index (Phi) is 4.89. The molecule has 2 aromatic rings. The van der Waals surface area contributed by atoms with E-state index in [1.165, 1.54) is 0 Å². The first kappa shape index (κ1) is 17.7. The fourth-order valence-electron chi connectivity index (χ4n) is 3.73. The third-order valence-corrected chi connectivity index (χ3v) is 5.21. The molecule has 1 fully saturated rings. The summed E-state index contributed by atoms with van der Waals surface area (Å²) in [6.45, 7) is 2.65. The summed E-state index contributed by atoms with van der Waals surface area (Å²) >= 11 is 0. The number of nitrogens with one attached hydrogen (secondary N) is 1. The van der Waals surface area contributed by atoms with Gasteiger partial charge in [0.1, 0.15) is 5.82 Å². The number of nitrogens with zero attached hydrogens (tertiary/aromatic N) is 4. The van der Waals surface area contributed by atoms with Crippen molar-refractivity contribution in [2.24, 2.45) is 5.92 Å². The lowest BCUT2D eigenvalue weighted by atomic mass is 10.0. The number of methoxy groups -OCH3 is 1. The molecule has 0 aliphatic carbocycles. The molecule has 4 rings (SSSR count). The van der Waals surface area contributed by atoms with E-state index in [4.69, 9.17) is 4.74 Å². The van der Waals surface area contributed by atoms with Crippen LogP contribution in [0.25, 0.3) is 11.4 Å². The van der Waals surface area contributed by atoms with Crippen molar-refractivity contribution in [3.63, 3.8) is 0 Å². The number of hydrogen-bond acceptors (Lipinski definition) is 5. The van der Waals surface area contributed by atoms with Gasteiger partial charge in [0.2, 0.25) is 11.8 Å². The molecule has 4 heterocycles. The molecule has 0 aromatic carbocycles. The van der Waals surface area contributed by atoms with Gasteiger partial charge in [-0.15, -0.1) is 0 Å². The van der Waals surface area contributed by atoms with Gasteiger partial charge in [-0.1, -0.05) is 0 Å². The predicted molar refractivity (Wildman–Crippen MR) is 97.5 cm³/mol. The van der Waals surface area contributed by atoms with Gasteiger partial charge in [0.25, 0.3) is 0 Å². The van der Waals surface area contributed by atoms with E-state index in [1.54, 1.807) is 24.4 Å². The van der Waals surface area contributed by atoms with Gasteiger partial charge in [-0.2, -0.15) is 0 Å². The predicted octanol–water partition coefficient (Wildman–Crippen LogP) is 0.851. The largest absolute Gasteiger partial charge is 0.383 e. The Balaban J connectivity index is 1.43. The van der Waals surface area contributed by atoms with E-state index >= 15 is 0 Å². The molecule has 2 aliphatic heterocycles. The smallest absolute Gasteiger partial charge is 0.228 e. The second-order valence-corrected chi connectivity index (χ2v) is 7.00. The quantitative estimate of drug-likeness (QED) is 0.844. The number of imidazole rings is 1. The van der Waals surface area contributed by atoms with Gasteiger partial charge in [0, 0.05) is 57.5 Å². The number of aromatic amines is 1. The minimum Gasteiger partial charge on any atom is -0.383 e. The zero-order chi connectivity index (χ0) is 18.8. The number of rotatable bonds is 5. The summed E-state index contributed by atoms with van der Waals surface area (Å²) in [5.41, 5.74) is 2.90. The maximum absolute atomic E-state index is 12.9. The fraction of sp³-hybridized carbons (Fsp3) is 0.474. The van der Waals surface area contributed by atoms with Crippen LogP contribution >= 0.6 is 0 Å². The highest BCUT2D eigenvalue weighted by atomic mass is 16.5. The van der Waals surface area contributed by atoms with E-state index in [9.17, 15) is 9.59 Å². The van der Waals surface area contributed by atoms with Gasteiger partial charge in [-0.25, -0.2) is 4.98 Å². The number of H-pyrrole nitrogens is 1. The molecule has 1 N–H and O–H groups in total. The van der Waals surface area contributed by atoms with Crippen LogP contribution < -0.4 is 0 Å². The molecule has 27 heavy (non-hydrogen) atoms. The summed E-state index contributed by atoms with van der Waals surface area (Å²) in [4.78, 5) is 40.7. The highest BCUT2D eigenvalue weighted by Gasteiger charge is 2.37. The van der Waals surface area contributed by atoms with Gasteiger partial charge >= 0.3 is 0 Å². The number of likely N-dealkylation sites (tertiary alicyclic amines) is 1. The average Bonchev–Trinajstić information content (AvgIpc) is 3.29. The molecule has 2 amide bonds. The van der Waals surface area contributed by atoms with Crippen molar-refractivity contribution >= 4 is 11.8 Å². The number of hydrogen-bond donors (Lipinski definition) is 1. The number of ether oxygens (including phenoxy) is 1. The maximum atomic E-state index is 12.9. The Morgan fingerprint density at radius 1 is 1.44 bits per heavy atom. The molecular weight excluding hydrogens is 346 g/mol. The first-order chi connectivity index (χ1) is 13.2. The average molecular weight is 369 g/mol. The van der Waals surface area contributed by atoms with E-state index in [1.807, 2.05) is 17.0 Å². The van der Waals surface area contributed by atoms with E-state index in [-0.39, 0.29) is 24.2 Å². The van der Waals surface area contributed by atoms with Crippen LogP contribution in [0.4, 0.5) is 0 Å². The van der Waals surface area contributed by atoms with Gasteiger partial charge in [0.05, 0.1) is 30.5 Å². The number of fused-ring (bicyclic) bond motifs is 1. The summed E-state index contributed by atoms with van der Waals surface area (Å²) in [6.07, 6.45) is 4.50. The topological polar surface area (TPSA) is 91.4 Å². The standard InChI is InChI=1S/C19H23N5O3/c1-27-8-7-23-11-14(9-17(23)25)19(26)24-6-4-15-16(12-24)22-18(21-15)13-3-2-5-20-10-13/h2-3,5,10,14H,4,6-9,11-12H2,1H3,(H,21,22). The zero-order valence-corrected chi connectivity index (χ0v) is 15.4. The Morgan fingerprint density at radius 3 is 3.11 bits per heavy atom. The molecule has 0 spiro atoms. The Morgan fingerprint density at radius 2 is 2.33 bits per heavy atom. The van der Waals surface area contributed by atoms with Gasteiger partial charge < -0.3 is 19.5 Å². The molecule has 0 radical (unpaired) electrons. The highest BCUT2D eigenvalue weighted by molar-refractivity contribution is 5.89. The molecular formula is C19H23N5O3. The second-order valence-electron chi connectivity index (χ2n) is 7.00. The summed E-state index contributed by atoms with van der Waals surface area (Å²) < 4.78 is 5.04. The van der Waals surface area contributed by atoms with Crippen LogP contribution in [0.2, 0.25) is 0 Å². The molecule has 0 saturated carbocycles. The highest BCUT2D eigenvalue weighted by Crippen LogP contribution is 2.26. The third-order valence-electron chi connectivity index (χ3n) is 5.21. The Labute approximate surface area is 157 Å². The van der Waals surface area contributed by atoms with Crippen LogP contribution in [0.15, 0.2) is 24.5 Å². The molecule has 1 saturated heterocycles. The molecule has 8 heteroatoms. The lowest BCUT2D eigenvalue weighted by molar-refractivity contribution is -0.136. The molecule has 8 nitrogen and oxygen atoms in total. The molecule has 2 aliphatic rings. The van der Waals surface area contributed by atoms with E-state index < -0.39 is 0 Å². The maximum Gasteiger partial charge on any atom is 0.228 e. The number of pyridine rings is 1. The monoisotopic (exact) mass is 369 g/mol. The summed E-state index contributed by atoms with van der Waals surface area (Å²) in [7, 11) is 1.61. The zero-order valence-electron chi connectivity index (χ0n) is 15.4. The van der Waals surface area contributed by atoms with E-state index in [0.717, 1.165) is 22.8 Å². The molecule has 142 valence electrons. The summed E-state index contributed by atoms with van der Waals surface area (Å²) in [5, 5.41) is 0. The van der Waals surface area contributed by atoms with Crippen molar-refractivity contribution < 1.29 is 14.3 Å². The van der Waals surface area contributed by atoms with Gasteiger partial charge in [-0.05, 0) is 12.1 Å². The van der Waals surface area contributed by atoms with Crippen LogP contribution in [-0.2, 0) is 27.3 Å². The first-order valence-electron chi connectivity index (χ1n) is 9.19. The van der Waals surface area contributed by atoms with Gasteiger partial charge in [0.15, 0.2) is 0 Å². The third kappa shape index (κ3) is 3.57. The van der Waals surface area contributed by atoms with Crippen molar-refractivity contribution in [3.05, 3.63) is 35.9 Å². The number of carbonyl (C=O) groups is 2. The Hall–Kier alpha value is -2.74. The van der Waals surface area contributed by atoms with Crippen LogP contribution in [-0.4, -0.2) is 69.9 Å². The second kappa shape index (κ2) is 7.48. The summed E-state index contributed by atoms with van der Waals surface area (Å²) in [5.74, 6) is 0.593. The van der Waals surface area contributed by atoms with Crippen molar-refractivity contribution in [3.8, 4) is 11.4 Å². The molecule has 2 aromatic heterocycles. The van der Waals surface area contributed by atoms with E-state index in [0.29, 0.717) is 39.2 Å². The lowest BCUT2D eigenvalue weighted by Crippen LogP contribution is -2.40. The molecule has 1 atom stereocenters. The minimum absolute atomic E-state index is 0.0310. The fourth-order valence-corrected chi connectivity index (χ4v) is 3.73. The van der Waals surface area contributed by atoms with E-state index in [2.05, 4.69) is 15.0 Å². The van der Waals surface area contributed by atoms with Crippen LogP contribution in [0.3, 0.4) is 0 Å². The first-order valence-corrected chi connectivity index (χ1v) is 9.19. The summed E-state index contributed by atoms with van der Waals surface area (Å²) in [6, 6.07) is 3.83. The van der Waals surface area contributed by atoms with Crippen molar-refractivity contribution in [2.45, 2.75) is 19.4 Å². The number of amides is 2. The Bertz CT molecular complexity index is 835. The van der Waals surface area contributed by atoms with Crippen LogP contribution in [0.5, 0.6) is 0 Å². The van der Waals surface area contributed by atoms with Crippen molar-refractivity contribution in [1.82, 2.24) is 24.8 Å². The van der Waals surface area contributed by atoms with Crippen LogP contribution in [0.1, 0.15) is 17.8 Å². The lowest BCUT2D eigenvalue weighted by Gasteiger charge is -2.28. The normalized spacial score (nSPS) is 19.4. The molecule has 0 bridgehead atoms.